The Hall–Kier alpha value is -1.71. The zero-order valence-electron chi connectivity index (χ0n) is 11.4. The average Bonchev–Trinajstić information content (AvgIpc) is 2.33. The summed E-state index contributed by atoms with van der Waals surface area (Å²) in [5, 5.41) is 3.37. The molecule has 1 aromatic carbocycles. The van der Waals surface area contributed by atoms with E-state index < -0.39 is 5.91 Å². The fourth-order valence-electron chi connectivity index (χ4n) is 2.19. The van der Waals surface area contributed by atoms with E-state index in [2.05, 4.69) is 26.1 Å². The van der Waals surface area contributed by atoms with Gasteiger partial charge in [0.15, 0.2) is 0 Å². The molecule has 1 amide bonds. The third-order valence-corrected chi connectivity index (χ3v) is 3.48. The second-order valence-electron chi connectivity index (χ2n) is 4.68. The first kappa shape index (κ1) is 14.4. The molecule has 4 heteroatoms. The van der Waals surface area contributed by atoms with E-state index in [9.17, 15) is 4.79 Å². The number of rotatable bonds is 6. The molecule has 100 valence electrons. The molecular weight excluding hydrogens is 226 g/mol. The molecule has 18 heavy (non-hydrogen) atoms. The number of carbonyl (C=O) groups is 1. The lowest BCUT2D eigenvalue weighted by Gasteiger charge is -2.24. The maximum absolute atomic E-state index is 11.2. The van der Waals surface area contributed by atoms with Crippen LogP contribution in [0.25, 0.3) is 0 Å². The number of benzene rings is 1. The van der Waals surface area contributed by atoms with E-state index in [-0.39, 0.29) is 0 Å². The first-order valence-electron chi connectivity index (χ1n) is 6.45. The molecule has 0 radical (unpaired) electrons. The lowest BCUT2D eigenvalue weighted by Crippen LogP contribution is -2.25. The molecule has 5 N–H and O–H groups in total. The molecule has 0 aliphatic rings. The second kappa shape index (κ2) is 6.28. The van der Waals surface area contributed by atoms with Crippen molar-refractivity contribution < 1.29 is 4.79 Å². The predicted octanol–water partition coefficient (Wildman–Crippen LogP) is 2.60. The molecule has 0 heterocycles. The SMILES string of the molecule is CCC(CC)C(C)Nc1cc(C(N)=O)ccc1N. The molecule has 0 spiro atoms. The second-order valence-corrected chi connectivity index (χ2v) is 4.68. The molecule has 0 bridgehead atoms. The van der Waals surface area contributed by atoms with E-state index in [0.29, 0.717) is 23.2 Å². The summed E-state index contributed by atoms with van der Waals surface area (Å²) >= 11 is 0. The Labute approximate surface area is 109 Å². The van der Waals surface area contributed by atoms with Crippen molar-refractivity contribution in [2.75, 3.05) is 11.1 Å². The van der Waals surface area contributed by atoms with Gasteiger partial charge in [-0.25, -0.2) is 0 Å². The summed E-state index contributed by atoms with van der Waals surface area (Å²) in [7, 11) is 0. The first-order valence-corrected chi connectivity index (χ1v) is 6.45. The van der Waals surface area contributed by atoms with Crippen LogP contribution in [-0.2, 0) is 0 Å². The molecule has 0 aliphatic carbocycles. The molecule has 1 aromatic rings. The van der Waals surface area contributed by atoms with Gasteiger partial charge in [-0.15, -0.1) is 0 Å². The van der Waals surface area contributed by atoms with Crippen molar-refractivity contribution >= 4 is 17.3 Å². The molecule has 0 saturated carbocycles. The zero-order valence-corrected chi connectivity index (χ0v) is 11.4. The van der Waals surface area contributed by atoms with Gasteiger partial charge in [-0.05, 0) is 31.0 Å². The highest BCUT2D eigenvalue weighted by molar-refractivity contribution is 5.94. The van der Waals surface area contributed by atoms with Gasteiger partial charge in [0.1, 0.15) is 0 Å². The molecule has 1 rings (SSSR count). The van der Waals surface area contributed by atoms with Crippen molar-refractivity contribution in [3.8, 4) is 0 Å². The molecule has 1 unspecified atom stereocenters. The van der Waals surface area contributed by atoms with Crippen LogP contribution < -0.4 is 16.8 Å². The highest BCUT2D eigenvalue weighted by atomic mass is 16.1. The van der Waals surface area contributed by atoms with Crippen LogP contribution in [0.2, 0.25) is 0 Å². The number of carbonyl (C=O) groups excluding carboxylic acids is 1. The van der Waals surface area contributed by atoms with Crippen molar-refractivity contribution in [3.63, 3.8) is 0 Å². The summed E-state index contributed by atoms with van der Waals surface area (Å²) in [4.78, 5) is 11.2. The Kier molecular flexibility index (Phi) is 5.01. The van der Waals surface area contributed by atoms with Gasteiger partial charge < -0.3 is 16.8 Å². The number of amides is 1. The molecule has 0 aromatic heterocycles. The minimum absolute atomic E-state index is 0.311. The van der Waals surface area contributed by atoms with E-state index in [1.54, 1.807) is 18.2 Å². The van der Waals surface area contributed by atoms with Gasteiger partial charge in [-0.2, -0.15) is 0 Å². The topological polar surface area (TPSA) is 81.1 Å². The number of nitrogen functional groups attached to an aromatic ring is 1. The molecular formula is C14H23N3O. The summed E-state index contributed by atoms with van der Waals surface area (Å²) in [6.07, 6.45) is 2.22. The number of nitrogens with one attached hydrogen (secondary N) is 1. The fourth-order valence-corrected chi connectivity index (χ4v) is 2.19. The van der Waals surface area contributed by atoms with Gasteiger partial charge in [0.25, 0.3) is 0 Å². The van der Waals surface area contributed by atoms with Gasteiger partial charge in [-0.3, -0.25) is 4.79 Å². The van der Waals surface area contributed by atoms with E-state index >= 15 is 0 Å². The van der Waals surface area contributed by atoms with Crippen LogP contribution >= 0.6 is 0 Å². The highest BCUT2D eigenvalue weighted by Gasteiger charge is 2.14. The average molecular weight is 249 g/mol. The van der Waals surface area contributed by atoms with Gasteiger partial charge in [0.05, 0.1) is 11.4 Å². The van der Waals surface area contributed by atoms with Gasteiger partial charge >= 0.3 is 0 Å². The van der Waals surface area contributed by atoms with Gasteiger partial charge in [-0.1, -0.05) is 26.7 Å². The number of hydrogen-bond donors (Lipinski definition) is 3. The molecule has 0 aliphatic heterocycles. The summed E-state index contributed by atoms with van der Waals surface area (Å²) in [5.74, 6) is 0.148. The van der Waals surface area contributed by atoms with Crippen LogP contribution in [0.3, 0.4) is 0 Å². The predicted molar refractivity (Wildman–Crippen MR) is 76.5 cm³/mol. The van der Waals surface area contributed by atoms with Crippen LogP contribution in [0.5, 0.6) is 0 Å². The Morgan fingerprint density at radius 2 is 1.94 bits per heavy atom. The Bertz CT molecular complexity index is 414. The Morgan fingerprint density at radius 1 is 1.33 bits per heavy atom. The summed E-state index contributed by atoms with van der Waals surface area (Å²) in [6.45, 7) is 6.49. The summed E-state index contributed by atoms with van der Waals surface area (Å²) < 4.78 is 0. The highest BCUT2D eigenvalue weighted by Crippen LogP contribution is 2.24. The number of nitrogens with two attached hydrogens (primary N) is 2. The monoisotopic (exact) mass is 249 g/mol. The van der Waals surface area contributed by atoms with E-state index in [1.165, 1.54) is 0 Å². The van der Waals surface area contributed by atoms with Crippen molar-refractivity contribution in [3.05, 3.63) is 23.8 Å². The Balaban J connectivity index is 2.89. The molecule has 0 saturated heterocycles. The smallest absolute Gasteiger partial charge is 0.248 e. The van der Waals surface area contributed by atoms with Crippen molar-refractivity contribution in [2.45, 2.75) is 39.7 Å². The zero-order chi connectivity index (χ0) is 13.7. The van der Waals surface area contributed by atoms with Crippen molar-refractivity contribution in [1.82, 2.24) is 0 Å². The minimum Gasteiger partial charge on any atom is -0.397 e. The standard InChI is InChI=1S/C14H23N3O/c1-4-10(5-2)9(3)17-13-8-11(14(16)18)6-7-12(13)15/h6-10,17H,4-5,15H2,1-3H3,(H2,16,18). The minimum atomic E-state index is -0.437. The third kappa shape index (κ3) is 3.39. The van der Waals surface area contributed by atoms with Gasteiger partial charge in [0.2, 0.25) is 5.91 Å². The van der Waals surface area contributed by atoms with E-state index in [4.69, 9.17) is 11.5 Å². The normalized spacial score (nSPS) is 12.4. The summed E-state index contributed by atoms with van der Waals surface area (Å²) in [6, 6.07) is 5.38. The van der Waals surface area contributed by atoms with Crippen LogP contribution in [-0.4, -0.2) is 11.9 Å². The lowest BCUT2D eigenvalue weighted by atomic mass is 9.95. The third-order valence-electron chi connectivity index (χ3n) is 3.48. The van der Waals surface area contributed by atoms with Crippen LogP contribution in [0.4, 0.5) is 11.4 Å². The summed E-state index contributed by atoms with van der Waals surface area (Å²) in [5.41, 5.74) is 13.1. The van der Waals surface area contributed by atoms with Crippen LogP contribution in [0, 0.1) is 5.92 Å². The van der Waals surface area contributed by atoms with Crippen molar-refractivity contribution in [1.29, 1.82) is 0 Å². The maximum Gasteiger partial charge on any atom is 0.248 e. The maximum atomic E-state index is 11.2. The van der Waals surface area contributed by atoms with E-state index in [0.717, 1.165) is 18.5 Å². The number of primary amides is 1. The quantitative estimate of drug-likeness (QED) is 0.678. The van der Waals surface area contributed by atoms with E-state index in [1.807, 2.05) is 0 Å². The Morgan fingerprint density at radius 3 is 2.44 bits per heavy atom. The van der Waals surface area contributed by atoms with Crippen LogP contribution in [0.15, 0.2) is 18.2 Å². The lowest BCUT2D eigenvalue weighted by molar-refractivity contribution is 0.100. The fraction of sp³-hybridized carbons (Fsp3) is 0.500. The molecule has 1 atom stereocenters. The molecule has 4 nitrogen and oxygen atoms in total. The first-order chi connectivity index (χ1) is 8.49. The van der Waals surface area contributed by atoms with Crippen molar-refractivity contribution in [2.24, 2.45) is 11.7 Å². The largest absolute Gasteiger partial charge is 0.397 e. The molecule has 0 fully saturated rings. The number of hydrogen-bond acceptors (Lipinski definition) is 3. The van der Waals surface area contributed by atoms with Gasteiger partial charge in [0, 0.05) is 11.6 Å². The van der Waals surface area contributed by atoms with Crippen LogP contribution in [0.1, 0.15) is 44.0 Å². The number of anilines is 2.